The third-order valence-electron chi connectivity index (χ3n) is 4.28. The standard InChI is InChI=1S/C17H25N3O4S2/c1-4-20(5-2)26(23,24)15-8-6-14(7-9-15)13(3)18-16(21)12-19-10-11-25-17(19)22/h6-9,13H,4-5,10-12H2,1-3H3,(H,18,21). The van der Waals surface area contributed by atoms with Crippen molar-refractivity contribution in [2.75, 3.05) is 31.9 Å². The SMILES string of the molecule is CCN(CC)S(=O)(=O)c1ccc(C(C)NC(=O)CN2CCSC2=O)cc1. The zero-order chi connectivity index (χ0) is 19.3. The molecular weight excluding hydrogens is 374 g/mol. The van der Waals surface area contributed by atoms with Crippen LogP contribution < -0.4 is 5.32 Å². The van der Waals surface area contributed by atoms with Gasteiger partial charge in [0.25, 0.3) is 5.24 Å². The van der Waals surface area contributed by atoms with E-state index in [2.05, 4.69) is 5.32 Å². The van der Waals surface area contributed by atoms with Gasteiger partial charge in [0.2, 0.25) is 15.9 Å². The summed E-state index contributed by atoms with van der Waals surface area (Å²) in [6.07, 6.45) is 0. The van der Waals surface area contributed by atoms with Crippen LogP contribution in [0.15, 0.2) is 29.2 Å². The van der Waals surface area contributed by atoms with Crippen molar-refractivity contribution in [1.29, 1.82) is 0 Å². The Labute approximate surface area is 159 Å². The van der Waals surface area contributed by atoms with Gasteiger partial charge in [0.15, 0.2) is 0 Å². The Kier molecular flexibility index (Phi) is 7.08. The van der Waals surface area contributed by atoms with Crippen molar-refractivity contribution < 1.29 is 18.0 Å². The molecule has 0 radical (unpaired) electrons. The van der Waals surface area contributed by atoms with Crippen molar-refractivity contribution in [3.63, 3.8) is 0 Å². The second-order valence-electron chi connectivity index (χ2n) is 5.98. The first-order valence-electron chi connectivity index (χ1n) is 8.60. The largest absolute Gasteiger partial charge is 0.348 e. The summed E-state index contributed by atoms with van der Waals surface area (Å²) < 4.78 is 26.4. The molecule has 2 rings (SSSR count). The van der Waals surface area contributed by atoms with Crippen LogP contribution in [-0.2, 0) is 14.8 Å². The molecule has 1 aromatic rings. The van der Waals surface area contributed by atoms with E-state index < -0.39 is 10.0 Å². The summed E-state index contributed by atoms with van der Waals surface area (Å²) in [4.78, 5) is 25.4. The predicted octanol–water partition coefficient (Wildman–Crippen LogP) is 2.06. The summed E-state index contributed by atoms with van der Waals surface area (Å²) in [5, 5.41) is 2.77. The molecule has 0 aromatic heterocycles. The van der Waals surface area contributed by atoms with Crippen molar-refractivity contribution in [1.82, 2.24) is 14.5 Å². The van der Waals surface area contributed by atoms with E-state index >= 15 is 0 Å². The molecule has 1 atom stereocenters. The number of carbonyl (C=O) groups excluding carboxylic acids is 2. The smallest absolute Gasteiger partial charge is 0.282 e. The molecule has 1 aromatic carbocycles. The third-order valence-corrected chi connectivity index (χ3v) is 7.24. The van der Waals surface area contributed by atoms with Crippen LogP contribution in [0.2, 0.25) is 0 Å². The second kappa shape index (κ2) is 8.88. The summed E-state index contributed by atoms with van der Waals surface area (Å²) in [6.45, 7) is 6.90. The van der Waals surface area contributed by atoms with Crippen molar-refractivity contribution in [2.24, 2.45) is 0 Å². The zero-order valence-corrected chi connectivity index (χ0v) is 16.9. The molecule has 144 valence electrons. The van der Waals surface area contributed by atoms with Crippen molar-refractivity contribution >= 4 is 32.9 Å². The van der Waals surface area contributed by atoms with E-state index in [0.717, 1.165) is 5.56 Å². The van der Waals surface area contributed by atoms with Gasteiger partial charge in [-0.3, -0.25) is 9.59 Å². The van der Waals surface area contributed by atoms with E-state index in [-0.39, 0.29) is 28.6 Å². The Morgan fingerprint density at radius 2 is 1.88 bits per heavy atom. The minimum Gasteiger partial charge on any atom is -0.348 e. The lowest BCUT2D eigenvalue weighted by atomic mass is 10.1. The van der Waals surface area contributed by atoms with Gasteiger partial charge in [-0.15, -0.1) is 0 Å². The number of amides is 2. The molecule has 0 spiro atoms. The lowest BCUT2D eigenvalue weighted by molar-refractivity contribution is -0.122. The van der Waals surface area contributed by atoms with Crippen LogP contribution in [0.3, 0.4) is 0 Å². The zero-order valence-electron chi connectivity index (χ0n) is 15.3. The van der Waals surface area contributed by atoms with Crippen LogP contribution in [0.4, 0.5) is 4.79 Å². The lowest BCUT2D eigenvalue weighted by Gasteiger charge is -2.20. The first-order chi connectivity index (χ1) is 12.3. The number of carbonyl (C=O) groups is 2. The molecule has 9 heteroatoms. The van der Waals surface area contributed by atoms with Gasteiger partial charge in [0.1, 0.15) is 6.54 Å². The fourth-order valence-corrected chi connectivity index (χ4v) is 5.04. The molecule has 0 saturated carbocycles. The van der Waals surface area contributed by atoms with Gasteiger partial charge in [-0.1, -0.05) is 37.7 Å². The highest BCUT2D eigenvalue weighted by Crippen LogP contribution is 2.20. The first kappa shape index (κ1) is 20.7. The average Bonchev–Trinajstić information content (AvgIpc) is 3.00. The monoisotopic (exact) mass is 399 g/mol. The molecule has 1 aliphatic heterocycles. The van der Waals surface area contributed by atoms with Gasteiger partial charge < -0.3 is 10.2 Å². The fourth-order valence-electron chi connectivity index (χ4n) is 2.75. The van der Waals surface area contributed by atoms with E-state index in [1.54, 1.807) is 38.1 Å². The maximum atomic E-state index is 12.5. The van der Waals surface area contributed by atoms with Crippen molar-refractivity contribution in [3.8, 4) is 0 Å². The molecule has 1 heterocycles. The van der Waals surface area contributed by atoms with Gasteiger partial charge in [-0.2, -0.15) is 4.31 Å². The van der Waals surface area contributed by atoms with E-state index in [9.17, 15) is 18.0 Å². The summed E-state index contributed by atoms with van der Waals surface area (Å²) >= 11 is 1.22. The highest BCUT2D eigenvalue weighted by Gasteiger charge is 2.24. The molecule has 1 fully saturated rings. The maximum Gasteiger partial charge on any atom is 0.282 e. The fraction of sp³-hybridized carbons (Fsp3) is 0.529. The minimum atomic E-state index is -3.49. The molecular formula is C17H25N3O4S2. The molecule has 26 heavy (non-hydrogen) atoms. The summed E-state index contributed by atoms with van der Waals surface area (Å²) in [7, 11) is -3.49. The molecule has 2 amide bonds. The summed E-state index contributed by atoms with van der Waals surface area (Å²) in [6, 6.07) is 6.26. The predicted molar refractivity (Wildman–Crippen MR) is 103 cm³/mol. The van der Waals surface area contributed by atoms with Crippen LogP contribution in [0.1, 0.15) is 32.4 Å². The van der Waals surface area contributed by atoms with Gasteiger partial charge in [0.05, 0.1) is 10.9 Å². The number of nitrogens with zero attached hydrogens (tertiary/aromatic N) is 2. The second-order valence-corrected chi connectivity index (χ2v) is 8.97. The molecule has 0 bridgehead atoms. The van der Waals surface area contributed by atoms with E-state index in [4.69, 9.17) is 0 Å². The number of thioether (sulfide) groups is 1. The highest BCUT2D eigenvalue weighted by atomic mass is 32.2. The van der Waals surface area contributed by atoms with E-state index in [1.807, 2.05) is 6.92 Å². The van der Waals surface area contributed by atoms with E-state index in [1.165, 1.54) is 21.0 Å². The van der Waals surface area contributed by atoms with Crippen LogP contribution in [0, 0.1) is 0 Å². The van der Waals surface area contributed by atoms with Crippen LogP contribution >= 0.6 is 11.8 Å². The Morgan fingerprint density at radius 1 is 1.27 bits per heavy atom. The van der Waals surface area contributed by atoms with Gasteiger partial charge >= 0.3 is 0 Å². The highest BCUT2D eigenvalue weighted by molar-refractivity contribution is 8.13. The summed E-state index contributed by atoms with van der Waals surface area (Å²) in [5.41, 5.74) is 0.805. The van der Waals surface area contributed by atoms with Crippen LogP contribution in [0.25, 0.3) is 0 Å². The minimum absolute atomic E-state index is 0.0462. The van der Waals surface area contributed by atoms with Crippen LogP contribution in [-0.4, -0.2) is 60.7 Å². The molecule has 7 nitrogen and oxygen atoms in total. The molecule has 1 saturated heterocycles. The van der Waals surface area contributed by atoms with Gasteiger partial charge in [-0.25, -0.2) is 8.42 Å². The number of hydrogen-bond donors (Lipinski definition) is 1. The average molecular weight is 400 g/mol. The molecule has 1 aliphatic rings. The molecule has 1 N–H and O–H groups in total. The number of hydrogen-bond acceptors (Lipinski definition) is 5. The number of benzene rings is 1. The Bertz CT molecular complexity index is 746. The molecule has 0 aliphatic carbocycles. The Balaban J connectivity index is 2.01. The topological polar surface area (TPSA) is 86.8 Å². The summed E-state index contributed by atoms with van der Waals surface area (Å²) in [5.74, 6) is 0.484. The maximum absolute atomic E-state index is 12.5. The quantitative estimate of drug-likeness (QED) is 0.723. The lowest BCUT2D eigenvalue weighted by Crippen LogP contribution is -2.38. The first-order valence-corrected chi connectivity index (χ1v) is 11.0. The Morgan fingerprint density at radius 3 is 2.38 bits per heavy atom. The third kappa shape index (κ3) is 4.77. The van der Waals surface area contributed by atoms with E-state index in [0.29, 0.717) is 25.4 Å². The van der Waals surface area contributed by atoms with Crippen LogP contribution in [0.5, 0.6) is 0 Å². The number of rotatable bonds is 8. The van der Waals surface area contributed by atoms with Gasteiger partial charge in [-0.05, 0) is 24.6 Å². The van der Waals surface area contributed by atoms with Gasteiger partial charge in [0, 0.05) is 25.4 Å². The normalized spacial score (nSPS) is 16.2. The van der Waals surface area contributed by atoms with Crippen molar-refractivity contribution in [3.05, 3.63) is 29.8 Å². The molecule has 1 unspecified atom stereocenters. The Hall–Kier alpha value is -1.58. The number of sulfonamides is 1. The van der Waals surface area contributed by atoms with Crippen molar-refractivity contribution in [2.45, 2.75) is 31.7 Å². The number of nitrogens with one attached hydrogen (secondary N) is 1.